The molecular weight excluding hydrogens is 274 g/mol. The highest BCUT2D eigenvalue weighted by molar-refractivity contribution is 7.85. The molecule has 4 rings (SSSR count). The Bertz CT molecular complexity index is 574. The van der Waals surface area contributed by atoms with E-state index >= 15 is 0 Å². The maximum Gasteiger partial charge on any atom is 0.231 e. The second-order valence-corrected chi connectivity index (χ2v) is 7.43. The van der Waals surface area contributed by atoms with Crippen LogP contribution in [0.25, 0.3) is 0 Å². The smallest absolute Gasteiger partial charge is 0.231 e. The maximum atomic E-state index is 12.3. The van der Waals surface area contributed by atoms with E-state index in [0.29, 0.717) is 12.0 Å². The summed E-state index contributed by atoms with van der Waals surface area (Å²) < 4.78 is 23.2. The number of hydrogen-bond acceptors (Lipinski definition) is 4. The highest BCUT2D eigenvalue weighted by Gasteiger charge is 2.34. The molecule has 3 atom stereocenters. The van der Waals surface area contributed by atoms with E-state index in [0.717, 1.165) is 28.6 Å². The lowest BCUT2D eigenvalue weighted by Gasteiger charge is -2.22. The Labute approximate surface area is 121 Å². The van der Waals surface area contributed by atoms with Crippen LogP contribution in [0.15, 0.2) is 17.0 Å². The third kappa shape index (κ3) is 1.95. The van der Waals surface area contributed by atoms with E-state index in [1.165, 1.54) is 24.9 Å². The molecule has 0 saturated carbocycles. The topological polar surface area (TPSA) is 38.8 Å². The molecule has 0 radical (unpaired) electrons. The first-order valence-corrected chi connectivity index (χ1v) is 8.56. The van der Waals surface area contributed by atoms with Gasteiger partial charge in [0.15, 0.2) is 11.5 Å². The van der Waals surface area contributed by atoms with Crippen molar-refractivity contribution in [3.8, 4) is 11.5 Å². The molecule has 5 heteroatoms. The van der Waals surface area contributed by atoms with E-state index in [9.17, 15) is 4.21 Å². The lowest BCUT2D eigenvalue weighted by atomic mass is 9.92. The Hall–Kier alpha value is -1.07. The zero-order valence-electron chi connectivity index (χ0n) is 11.6. The van der Waals surface area contributed by atoms with Crippen molar-refractivity contribution in [1.82, 2.24) is 4.90 Å². The fraction of sp³-hybridized carbons (Fsp3) is 0.600. The van der Waals surface area contributed by atoms with Crippen LogP contribution in [0.4, 0.5) is 0 Å². The summed E-state index contributed by atoms with van der Waals surface area (Å²) >= 11 is 0. The highest BCUT2D eigenvalue weighted by atomic mass is 32.2. The van der Waals surface area contributed by atoms with Gasteiger partial charge >= 0.3 is 0 Å². The van der Waals surface area contributed by atoms with Gasteiger partial charge in [0.25, 0.3) is 0 Å². The van der Waals surface area contributed by atoms with Crippen molar-refractivity contribution < 1.29 is 13.7 Å². The molecule has 1 aromatic rings. The zero-order chi connectivity index (χ0) is 13.7. The zero-order valence-corrected chi connectivity index (χ0v) is 12.4. The molecule has 0 aromatic heterocycles. The maximum absolute atomic E-state index is 12.3. The first-order valence-electron chi connectivity index (χ1n) is 7.24. The summed E-state index contributed by atoms with van der Waals surface area (Å²) in [5.74, 6) is 2.71. The average Bonchev–Trinajstić information content (AvgIpc) is 3.11. The van der Waals surface area contributed by atoms with Gasteiger partial charge in [-0.15, -0.1) is 0 Å². The summed E-state index contributed by atoms with van der Waals surface area (Å²) in [5.41, 5.74) is 1.22. The molecule has 1 fully saturated rings. The Balaban J connectivity index is 1.64. The molecule has 1 aromatic carbocycles. The molecule has 0 aliphatic carbocycles. The number of ether oxygens (including phenoxy) is 2. The van der Waals surface area contributed by atoms with Crippen molar-refractivity contribution in [3.05, 3.63) is 17.7 Å². The van der Waals surface area contributed by atoms with E-state index in [1.807, 2.05) is 6.07 Å². The van der Waals surface area contributed by atoms with Gasteiger partial charge in [-0.3, -0.25) is 4.21 Å². The van der Waals surface area contributed by atoms with Crippen molar-refractivity contribution in [3.63, 3.8) is 0 Å². The van der Waals surface area contributed by atoms with Crippen LogP contribution >= 0.6 is 0 Å². The summed E-state index contributed by atoms with van der Waals surface area (Å²) in [4.78, 5) is 3.40. The minimum Gasteiger partial charge on any atom is -0.454 e. The largest absolute Gasteiger partial charge is 0.454 e. The molecule has 3 aliphatic rings. The number of hydrogen-bond donors (Lipinski definition) is 0. The van der Waals surface area contributed by atoms with Gasteiger partial charge in [0.2, 0.25) is 6.79 Å². The Morgan fingerprint density at radius 3 is 2.90 bits per heavy atom. The molecule has 3 heterocycles. The van der Waals surface area contributed by atoms with Gasteiger partial charge < -0.3 is 14.4 Å². The van der Waals surface area contributed by atoms with Crippen LogP contribution in [0.1, 0.15) is 30.7 Å². The Morgan fingerprint density at radius 1 is 1.35 bits per heavy atom. The van der Waals surface area contributed by atoms with E-state index in [2.05, 4.69) is 18.0 Å². The molecular formula is C15H19NO3S. The predicted octanol–water partition coefficient (Wildman–Crippen LogP) is 2.10. The Kier molecular flexibility index (Phi) is 3.00. The highest BCUT2D eigenvalue weighted by Crippen LogP contribution is 2.44. The van der Waals surface area contributed by atoms with Gasteiger partial charge in [0.1, 0.15) is 0 Å². The summed E-state index contributed by atoms with van der Waals surface area (Å²) in [7, 11) is 1.31. The van der Waals surface area contributed by atoms with Gasteiger partial charge in [-0.25, -0.2) is 0 Å². The lowest BCUT2D eigenvalue weighted by molar-refractivity contribution is 0.174. The second-order valence-electron chi connectivity index (χ2n) is 5.96. The summed E-state index contributed by atoms with van der Waals surface area (Å²) in [6.07, 6.45) is 3.65. The lowest BCUT2D eigenvalue weighted by Crippen LogP contribution is -2.27. The molecule has 108 valence electrons. The molecule has 3 aliphatic heterocycles. The quantitative estimate of drug-likeness (QED) is 0.837. The van der Waals surface area contributed by atoms with Crippen LogP contribution in [-0.4, -0.2) is 41.3 Å². The number of nitrogens with zero attached hydrogens (tertiary/aromatic N) is 1. The van der Waals surface area contributed by atoms with Gasteiger partial charge in [-0.2, -0.15) is 0 Å². The molecule has 1 saturated heterocycles. The van der Waals surface area contributed by atoms with Crippen LogP contribution in [-0.2, 0) is 10.8 Å². The second kappa shape index (κ2) is 4.74. The molecule has 0 amide bonds. The van der Waals surface area contributed by atoms with Crippen LogP contribution in [0.5, 0.6) is 11.5 Å². The predicted molar refractivity (Wildman–Crippen MR) is 76.9 cm³/mol. The van der Waals surface area contributed by atoms with E-state index in [4.69, 9.17) is 9.47 Å². The van der Waals surface area contributed by atoms with Gasteiger partial charge in [-0.1, -0.05) is 0 Å². The van der Waals surface area contributed by atoms with Crippen molar-refractivity contribution >= 4 is 10.8 Å². The van der Waals surface area contributed by atoms with E-state index in [-0.39, 0.29) is 6.79 Å². The van der Waals surface area contributed by atoms with Crippen LogP contribution in [0.3, 0.4) is 0 Å². The third-order valence-electron chi connectivity index (χ3n) is 4.77. The number of benzene rings is 1. The van der Waals surface area contributed by atoms with Gasteiger partial charge in [-0.05, 0) is 50.4 Å². The molecule has 0 N–H and O–H groups in total. The minimum absolute atomic E-state index is 0.279. The monoisotopic (exact) mass is 293 g/mol. The van der Waals surface area contributed by atoms with Crippen LogP contribution in [0.2, 0.25) is 0 Å². The number of rotatable bonds is 2. The fourth-order valence-electron chi connectivity index (χ4n) is 3.62. The van der Waals surface area contributed by atoms with E-state index in [1.54, 1.807) is 0 Å². The average molecular weight is 293 g/mol. The first kappa shape index (κ1) is 12.7. The molecule has 20 heavy (non-hydrogen) atoms. The molecule has 4 nitrogen and oxygen atoms in total. The van der Waals surface area contributed by atoms with Gasteiger partial charge in [0, 0.05) is 22.8 Å². The normalized spacial score (nSPS) is 31.8. The summed E-state index contributed by atoms with van der Waals surface area (Å²) in [5, 5.41) is 0. The van der Waals surface area contributed by atoms with Crippen molar-refractivity contribution in [2.24, 2.45) is 0 Å². The summed E-state index contributed by atoms with van der Waals surface area (Å²) in [6.45, 7) is 1.47. The molecule has 0 bridgehead atoms. The number of likely N-dealkylation sites (tertiary alicyclic amines) is 1. The van der Waals surface area contributed by atoms with Gasteiger partial charge in [0.05, 0.1) is 10.8 Å². The SMILES string of the molecule is CN1CCC[C@@H]1CC1CS(=O)c2cc3c(cc21)OCO3. The standard InChI is InChI=1S/C15H19NO3S/c1-16-4-2-3-11(16)5-10-8-20(17)15-7-14-13(6-12(10)15)18-9-19-14/h6-7,10-11H,2-5,8-9H2,1H3/t10?,11-,20?/m1/s1. The molecule has 0 spiro atoms. The molecule has 2 unspecified atom stereocenters. The minimum atomic E-state index is -0.886. The fourth-order valence-corrected chi connectivity index (χ4v) is 5.21. The van der Waals surface area contributed by atoms with Crippen molar-refractivity contribution in [1.29, 1.82) is 0 Å². The van der Waals surface area contributed by atoms with Crippen molar-refractivity contribution in [2.75, 3.05) is 26.1 Å². The first-order chi connectivity index (χ1) is 9.72. The number of fused-ring (bicyclic) bond motifs is 2. The van der Waals surface area contributed by atoms with Crippen LogP contribution < -0.4 is 9.47 Å². The van der Waals surface area contributed by atoms with E-state index < -0.39 is 10.8 Å². The Morgan fingerprint density at radius 2 is 2.15 bits per heavy atom. The van der Waals surface area contributed by atoms with Crippen LogP contribution in [0, 0.1) is 0 Å². The summed E-state index contributed by atoms with van der Waals surface area (Å²) in [6, 6.07) is 4.61. The third-order valence-corrected chi connectivity index (χ3v) is 6.32. The van der Waals surface area contributed by atoms with Crippen molar-refractivity contribution in [2.45, 2.75) is 36.1 Å².